The standard InChI is InChI=1S/C24H35N3.C2H6/c1-7-11-19-16-25-24(26-20-12-9-10-13-20)27-23(19)21(8-2)22(18(5)6)15-14-17(3)4;1-2/h8,14-16,20H,3,7,9-13H2,1-2,4-6H3,(H,25,26,27);1-2H3/b15-14-,21-8+;. The Morgan fingerprint density at radius 1 is 1.17 bits per heavy atom. The zero-order valence-corrected chi connectivity index (χ0v) is 19.7. The van der Waals surface area contributed by atoms with Gasteiger partial charge in [0.1, 0.15) is 0 Å². The Labute approximate surface area is 179 Å². The average molecular weight is 396 g/mol. The molecule has 0 aromatic carbocycles. The van der Waals surface area contributed by atoms with Crippen LogP contribution in [0.15, 0.2) is 47.7 Å². The van der Waals surface area contributed by atoms with Crippen LogP contribution >= 0.6 is 0 Å². The van der Waals surface area contributed by atoms with Gasteiger partial charge in [-0.2, -0.15) is 0 Å². The first-order valence-electron chi connectivity index (χ1n) is 11.3. The van der Waals surface area contributed by atoms with Gasteiger partial charge >= 0.3 is 0 Å². The summed E-state index contributed by atoms with van der Waals surface area (Å²) in [5.74, 6) is 0.757. The summed E-state index contributed by atoms with van der Waals surface area (Å²) in [6.45, 7) is 18.6. The molecule has 1 aliphatic rings. The van der Waals surface area contributed by atoms with E-state index in [0.717, 1.165) is 30.1 Å². The summed E-state index contributed by atoms with van der Waals surface area (Å²) in [6.07, 6.45) is 15.5. The van der Waals surface area contributed by atoms with E-state index in [1.54, 1.807) is 0 Å². The van der Waals surface area contributed by atoms with Gasteiger partial charge in [-0.15, -0.1) is 0 Å². The van der Waals surface area contributed by atoms with Crippen molar-refractivity contribution in [1.29, 1.82) is 0 Å². The van der Waals surface area contributed by atoms with Gasteiger partial charge in [0.2, 0.25) is 5.95 Å². The number of nitrogens with one attached hydrogen (secondary N) is 1. The Kier molecular flexibility index (Phi) is 11.3. The SMILES string of the molecule is C=C(C)/C=C\C(=C(C)C)/C(=C\C)c1nc(NC2CCCC2)ncc1CCC.CC. The van der Waals surface area contributed by atoms with Crippen molar-refractivity contribution in [2.45, 2.75) is 93.0 Å². The molecule has 160 valence electrons. The fraction of sp³-hybridized carbons (Fsp3) is 0.538. The van der Waals surface area contributed by atoms with Crippen LogP contribution in [0.3, 0.4) is 0 Å². The summed E-state index contributed by atoms with van der Waals surface area (Å²) in [7, 11) is 0. The van der Waals surface area contributed by atoms with Gasteiger partial charge in [0, 0.05) is 17.8 Å². The maximum Gasteiger partial charge on any atom is 0.223 e. The van der Waals surface area contributed by atoms with Crippen molar-refractivity contribution in [1.82, 2.24) is 9.97 Å². The highest BCUT2D eigenvalue weighted by atomic mass is 15.1. The van der Waals surface area contributed by atoms with Crippen LogP contribution in [-0.4, -0.2) is 16.0 Å². The van der Waals surface area contributed by atoms with Crippen molar-refractivity contribution >= 4 is 11.5 Å². The maximum absolute atomic E-state index is 4.98. The topological polar surface area (TPSA) is 37.8 Å². The molecule has 1 fully saturated rings. The van der Waals surface area contributed by atoms with Crippen molar-refractivity contribution < 1.29 is 0 Å². The van der Waals surface area contributed by atoms with Gasteiger partial charge in [0.15, 0.2) is 0 Å². The number of hydrogen-bond donors (Lipinski definition) is 1. The lowest BCUT2D eigenvalue weighted by Crippen LogP contribution is -2.17. The van der Waals surface area contributed by atoms with E-state index in [1.807, 2.05) is 27.0 Å². The van der Waals surface area contributed by atoms with Gasteiger partial charge in [-0.25, -0.2) is 9.97 Å². The van der Waals surface area contributed by atoms with Gasteiger partial charge in [-0.1, -0.05) is 76.0 Å². The molecule has 3 heteroatoms. The molecule has 0 aliphatic heterocycles. The summed E-state index contributed by atoms with van der Waals surface area (Å²) in [4.78, 5) is 9.59. The molecule has 1 saturated carbocycles. The number of nitrogens with zero attached hydrogens (tertiary/aromatic N) is 2. The summed E-state index contributed by atoms with van der Waals surface area (Å²) < 4.78 is 0. The molecule has 0 unspecified atom stereocenters. The van der Waals surface area contributed by atoms with Crippen LogP contribution in [0.1, 0.15) is 91.8 Å². The normalized spacial score (nSPS) is 14.5. The number of aryl methyl sites for hydroxylation is 1. The highest BCUT2D eigenvalue weighted by Gasteiger charge is 2.18. The molecular formula is C26H41N3. The molecule has 29 heavy (non-hydrogen) atoms. The van der Waals surface area contributed by atoms with E-state index in [4.69, 9.17) is 4.98 Å². The highest BCUT2D eigenvalue weighted by molar-refractivity contribution is 5.82. The molecule has 1 aromatic rings. The van der Waals surface area contributed by atoms with Gasteiger partial charge < -0.3 is 5.32 Å². The van der Waals surface area contributed by atoms with Crippen LogP contribution in [0.25, 0.3) is 5.57 Å². The number of anilines is 1. The molecule has 1 N–H and O–H groups in total. The van der Waals surface area contributed by atoms with Crippen LogP contribution in [0.2, 0.25) is 0 Å². The van der Waals surface area contributed by atoms with Crippen LogP contribution in [0, 0.1) is 0 Å². The third-order valence-corrected chi connectivity index (χ3v) is 4.98. The van der Waals surface area contributed by atoms with Crippen molar-refractivity contribution in [2.24, 2.45) is 0 Å². The van der Waals surface area contributed by atoms with Gasteiger partial charge in [-0.05, 0) is 58.1 Å². The molecule has 1 aliphatic carbocycles. The van der Waals surface area contributed by atoms with Crippen molar-refractivity contribution in [2.75, 3.05) is 5.32 Å². The molecule has 0 saturated heterocycles. The first-order valence-corrected chi connectivity index (χ1v) is 11.3. The second-order valence-corrected chi connectivity index (χ2v) is 7.74. The maximum atomic E-state index is 4.98. The van der Waals surface area contributed by atoms with Crippen molar-refractivity contribution in [3.05, 3.63) is 59.0 Å². The molecule has 3 nitrogen and oxygen atoms in total. The first-order chi connectivity index (χ1) is 14.0. The molecule has 0 amide bonds. The van der Waals surface area contributed by atoms with Crippen LogP contribution in [0.4, 0.5) is 5.95 Å². The van der Waals surface area contributed by atoms with Gasteiger partial charge in [-0.3, -0.25) is 0 Å². The van der Waals surface area contributed by atoms with E-state index >= 15 is 0 Å². The molecule has 1 aromatic heterocycles. The van der Waals surface area contributed by atoms with E-state index < -0.39 is 0 Å². The minimum absolute atomic E-state index is 0.509. The largest absolute Gasteiger partial charge is 0.351 e. The second kappa shape index (κ2) is 13.1. The number of rotatable bonds is 8. The summed E-state index contributed by atoms with van der Waals surface area (Å²) in [5, 5.41) is 3.55. The molecule has 0 atom stereocenters. The van der Waals surface area contributed by atoms with Crippen molar-refractivity contribution in [3.8, 4) is 0 Å². The van der Waals surface area contributed by atoms with Gasteiger partial charge in [0.05, 0.1) is 5.69 Å². The average Bonchev–Trinajstić information content (AvgIpc) is 3.21. The number of hydrogen-bond acceptors (Lipinski definition) is 3. The quantitative estimate of drug-likeness (QED) is 0.459. The molecular weight excluding hydrogens is 354 g/mol. The fourth-order valence-corrected chi connectivity index (χ4v) is 3.59. The lowest BCUT2D eigenvalue weighted by Gasteiger charge is -2.17. The Bertz CT molecular complexity index is 743. The Hall–Kier alpha value is -2.16. The molecule has 2 rings (SSSR count). The fourth-order valence-electron chi connectivity index (χ4n) is 3.59. The zero-order chi connectivity index (χ0) is 21.8. The van der Waals surface area contributed by atoms with E-state index in [2.05, 4.69) is 62.8 Å². The minimum atomic E-state index is 0.509. The lowest BCUT2D eigenvalue weighted by molar-refractivity contribution is 0.742. The van der Waals surface area contributed by atoms with E-state index in [1.165, 1.54) is 48.0 Å². The van der Waals surface area contributed by atoms with E-state index in [-0.39, 0.29) is 0 Å². The number of aromatic nitrogens is 2. The Balaban J connectivity index is 0.00000204. The van der Waals surface area contributed by atoms with Crippen LogP contribution in [-0.2, 0) is 6.42 Å². The molecule has 0 radical (unpaired) electrons. The minimum Gasteiger partial charge on any atom is -0.351 e. The molecule has 1 heterocycles. The zero-order valence-electron chi connectivity index (χ0n) is 19.7. The first kappa shape index (κ1) is 24.9. The Morgan fingerprint density at radius 3 is 2.34 bits per heavy atom. The second-order valence-electron chi connectivity index (χ2n) is 7.74. The summed E-state index contributed by atoms with van der Waals surface area (Å²) in [5.41, 5.74) is 6.97. The van der Waals surface area contributed by atoms with E-state index in [9.17, 15) is 0 Å². The van der Waals surface area contributed by atoms with Crippen LogP contribution < -0.4 is 5.32 Å². The predicted molar refractivity (Wildman–Crippen MR) is 129 cm³/mol. The predicted octanol–water partition coefficient (Wildman–Crippen LogP) is 7.68. The third kappa shape index (κ3) is 7.64. The Morgan fingerprint density at radius 2 is 1.83 bits per heavy atom. The van der Waals surface area contributed by atoms with E-state index in [0.29, 0.717) is 6.04 Å². The highest BCUT2D eigenvalue weighted by Crippen LogP contribution is 2.30. The van der Waals surface area contributed by atoms with Crippen LogP contribution in [0.5, 0.6) is 0 Å². The van der Waals surface area contributed by atoms with Crippen molar-refractivity contribution in [3.63, 3.8) is 0 Å². The summed E-state index contributed by atoms with van der Waals surface area (Å²) >= 11 is 0. The smallest absolute Gasteiger partial charge is 0.223 e. The summed E-state index contributed by atoms with van der Waals surface area (Å²) in [6, 6.07) is 0.509. The number of allylic oxidation sites excluding steroid dienone is 7. The molecule has 0 bridgehead atoms. The third-order valence-electron chi connectivity index (χ3n) is 4.98. The van der Waals surface area contributed by atoms with Gasteiger partial charge in [0.25, 0.3) is 0 Å². The molecule has 0 spiro atoms. The monoisotopic (exact) mass is 395 g/mol. The lowest BCUT2D eigenvalue weighted by atomic mass is 9.93.